The average molecular weight is 382 g/mol. The molecule has 1 aliphatic rings. The summed E-state index contributed by atoms with van der Waals surface area (Å²) in [5, 5.41) is 0. The van der Waals surface area contributed by atoms with Gasteiger partial charge in [0.05, 0.1) is 10.9 Å². The number of rotatable bonds is 3. The van der Waals surface area contributed by atoms with Crippen molar-refractivity contribution < 1.29 is 13.2 Å². The molecule has 6 heteroatoms. The summed E-state index contributed by atoms with van der Waals surface area (Å²) in [6.07, 6.45) is 0.611. The molecule has 1 atom stereocenters. The SMILES string of the molecule is Cc1ccccc1S(=O)(=O)N[C@@H]1COc2ccc(Br)cc2C1. The van der Waals surface area contributed by atoms with Crippen molar-refractivity contribution in [3.63, 3.8) is 0 Å². The molecule has 0 radical (unpaired) electrons. The molecule has 1 heterocycles. The lowest BCUT2D eigenvalue weighted by atomic mass is 10.0. The van der Waals surface area contributed by atoms with Crippen LogP contribution in [0.2, 0.25) is 0 Å². The maximum Gasteiger partial charge on any atom is 0.241 e. The van der Waals surface area contributed by atoms with Crippen LogP contribution >= 0.6 is 15.9 Å². The second kappa shape index (κ2) is 6.02. The molecule has 2 aromatic carbocycles. The minimum absolute atomic E-state index is 0.272. The second-order valence-corrected chi connectivity index (χ2v) is 7.95. The Balaban J connectivity index is 1.81. The Kier molecular flexibility index (Phi) is 4.25. The molecule has 4 nitrogen and oxygen atoms in total. The number of hydrogen-bond acceptors (Lipinski definition) is 3. The summed E-state index contributed by atoms with van der Waals surface area (Å²) in [5.74, 6) is 0.814. The summed E-state index contributed by atoms with van der Waals surface area (Å²) >= 11 is 3.42. The van der Waals surface area contributed by atoms with E-state index in [1.165, 1.54) is 0 Å². The maximum absolute atomic E-state index is 12.5. The number of halogens is 1. The number of fused-ring (bicyclic) bond motifs is 1. The van der Waals surface area contributed by atoms with Crippen LogP contribution in [-0.4, -0.2) is 21.1 Å². The first-order chi connectivity index (χ1) is 10.5. The van der Waals surface area contributed by atoms with Gasteiger partial charge in [0, 0.05) is 4.47 Å². The largest absolute Gasteiger partial charge is 0.492 e. The van der Waals surface area contributed by atoms with E-state index in [0.29, 0.717) is 17.9 Å². The zero-order valence-electron chi connectivity index (χ0n) is 12.0. The lowest BCUT2D eigenvalue weighted by molar-refractivity contribution is 0.254. The molecule has 116 valence electrons. The number of ether oxygens (including phenoxy) is 1. The van der Waals surface area contributed by atoms with Gasteiger partial charge >= 0.3 is 0 Å². The molecule has 0 spiro atoms. The summed E-state index contributed by atoms with van der Waals surface area (Å²) in [7, 11) is -3.54. The zero-order chi connectivity index (χ0) is 15.7. The Hall–Kier alpha value is -1.37. The van der Waals surface area contributed by atoms with Gasteiger partial charge in [-0.15, -0.1) is 0 Å². The van der Waals surface area contributed by atoms with Gasteiger partial charge in [0.25, 0.3) is 0 Å². The lowest BCUT2D eigenvalue weighted by Crippen LogP contribution is -2.42. The molecule has 0 unspecified atom stereocenters. The first kappa shape index (κ1) is 15.5. The van der Waals surface area contributed by atoms with E-state index in [1.54, 1.807) is 25.1 Å². The van der Waals surface area contributed by atoms with Gasteiger partial charge in [0.15, 0.2) is 0 Å². The van der Waals surface area contributed by atoms with Crippen LogP contribution in [0.1, 0.15) is 11.1 Å². The van der Waals surface area contributed by atoms with Crippen molar-refractivity contribution in [1.29, 1.82) is 0 Å². The van der Waals surface area contributed by atoms with Crippen LogP contribution in [0, 0.1) is 6.92 Å². The van der Waals surface area contributed by atoms with E-state index in [4.69, 9.17) is 4.74 Å². The number of aryl methyl sites for hydroxylation is 1. The molecule has 0 aliphatic carbocycles. The summed E-state index contributed by atoms with van der Waals surface area (Å²) in [4.78, 5) is 0.315. The van der Waals surface area contributed by atoms with Crippen molar-refractivity contribution in [3.05, 3.63) is 58.1 Å². The van der Waals surface area contributed by atoms with Gasteiger partial charge in [-0.2, -0.15) is 0 Å². The molecule has 22 heavy (non-hydrogen) atoms. The quantitative estimate of drug-likeness (QED) is 0.888. The highest BCUT2D eigenvalue weighted by atomic mass is 79.9. The van der Waals surface area contributed by atoms with E-state index in [9.17, 15) is 8.42 Å². The molecular weight excluding hydrogens is 366 g/mol. The van der Waals surface area contributed by atoms with E-state index in [-0.39, 0.29) is 6.04 Å². The third kappa shape index (κ3) is 3.19. The van der Waals surface area contributed by atoms with Crippen LogP contribution in [0.5, 0.6) is 5.75 Å². The van der Waals surface area contributed by atoms with Crippen molar-refractivity contribution in [2.75, 3.05) is 6.61 Å². The first-order valence-electron chi connectivity index (χ1n) is 6.95. The monoisotopic (exact) mass is 381 g/mol. The van der Waals surface area contributed by atoms with Crippen molar-refractivity contribution >= 4 is 26.0 Å². The van der Waals surface area contributed by atoms with Crippen LogP contribution in [0.3, 0.4) is 0 Å². The number of nitrogens with one attached hydrogen (secondary N) is 1. The Morgan fingerprint density at radius 2 is 2.00 bits per heavy atom. The first-order valence-corrected chi connectivity index (χ1v) is 9.22. The Morgan fingerprint density at radius 3 is 2.77 bits per heavy atom. The fraction of sp³-hybridized carbons (Fsp3) is 0.250. The van der Waals surface area contributed by atoms with Crippen LogP contribution in [0.15, 0.2) is 51.8 Å². The fourth-order valence-electron chi connectivity index (χ4n) is 2.58. The van der Waals surface area contributed by atoms with Gasteiger partial charge in [0.1, 0.15) is 12.4 Å². The minimum atomic E-state index is -3.54. The van der Waals surface area contributed by atoms with Gasteiger partial charge in [-0.25, -0.2) is 13.1 Å². The molecule has 1 aliphatic heterocycles. The van der Waals surface area contributed by atoms with Crippen molar-refractivity contribution in [1.82, 2.24) is 4.72 Å². The number of benzene rings is 2. The molecule has 2 aromatic rings. The van der Waals surface area contributed by atoms with Crippen molar-refractivity contribution in [2.45, 2.75) is 24.3 Å². The van der Waals surface area contributed by atoms with Crippen LogP contribution in [0.4, 0.5) is 0 Å². The molecule has 0 saturated heterocycles. The van der Waals surface area contributed by atoms with Gasteiger partial charge in [-0.1, -0.05) is 34.1 Å². The van der Waals surface area contributed by atoms with E-state index in [2.05, 4.69) is 20.7 Å². The predicted octanol–water partition coefficient (Wildman–Crippen LogP) is 3.04. The molecule has 1 N–H and O–H groups in total. The molecular formula is C16H16BrNO3S. The van der Waals surface area contributed by atoms with E-state index in [0.717, 1.165) is 21.3 Å². The van der Waals surface area contributed by atoms with Crippen LogP contribution in [0.25, 0.3) is 0 Å². The highest BCUT2D eigenvalue weighted by molar-refractivity contribution is 9.10. The third-order valence-corrected chi connectivity index (χ3v) is 5.81. The summed E-state index contributed by atoms with van der Waals surface area (Å²) in [6, 6.07) is 12.5. The predicted molar refractivity (Wildman–Crippen MR) is 88.6 cm³/mol. The van der Waals surface area contributed by atoms with Crippen molar-refractivity contribution in [3.8, 4) is 5.75 Å². The van der Waals surface area contributed by atoms with E-state index >= 15 is 0 Å². The minimum Gasteiger partial charge on any atom is -0.492 e. The fourth-order valence-corrected chi connectivity index (χ4v) is 4.45. The second-order valence-electron chi connectivity index (χ2n) is 5.35. The molecule has 0 saturated carbocycles. The molecule has 0 aromatic heterocycles. The van der Waals surface area contributed by atoms with Crippen LogP contribution in [-0.2, 0) is 16.4 Å². The van der Waals surface area contributed by atoms with Crippen LogP contribution < -0.4 is 9.46 Å². The van der Waals surface area contributed by atoms with E-state index in [1.807, 2.05) is 24.3 Å². The Labute approximate surface area is 138 Å². The smallest absolute Gasteiger partial charge is 0.241 e. The van der Waals surface area contributed by atoms with Gasteiger partial charge in [0.2, 0.25) is 10.0 Å². The lowest BCUT2D eigenvalue weighted by Gasteiger charge is -2.26. The number of sulfonamides is 1. The molecule has 0 fully saturated rings. The Morgan fingerprint density at radius 1 is 1.23 bits per heavy atom. The van der Waals surface area contributed by atoms with E-state index < -0.39 is 10.0 Å². The summed E-state index contributed by atoms with van der Waals surface area (Å²) < 4.78 is 34.4. The maximum atomic E-state index is 12.5. The van der Waals surface area contributed by atoms with Gasteiger partial charge in [-0.3, -0.25) is 0 Å². The van der Waals surface area contributed by atoms with Gasteiger partial charge < -0.3 is 4.74 Å². The van der Waals surface area contributed by atoms with Crippen molar-refractivity contribution in [2.24, 2.45) is 0 Å². The molecule has 0 amide bonds. The Bertz CT molecular complexity index is 805. The molecule has 0 bridgehead atoms. The molecule has 3 rings (SSSR count). The van der Waals surface area contributed by atoms with Gasteiger partial charge in [-0.05, 0) is 48.7 Å². The summed E-state index contributed by atoms with van der Waals surface area (Å²) in [5.41, 5.74) is 1.73. The standard InChI is InChI=1S/C16H16BrNO3S/c1-11-4-2-3-5-16(11)22(19,20)18-14-9-12-8-13(17)6-7-15(12)21-10-14/h2-8,14,18H,9-10H2,1H3/t14-/m0/s1. The highest BCUT2D eigenvalue weighted by Crippen LogP contribution is 2.28. The summed E-state index contributed by atoms with van der Waals surface area (Å²) in [6.45, 7) is 2.12. The average Bonchev–Trinajstić information content (AvgIpc) is 2.46. The normalized spacial score (nSPS) is 17.6. The highest BCUT2D eigenvalue weighted by Gasteiger charge is 2.26. The number of hydrogen-bond donors (Lipinski definition) is 1. The zero-order valence-corrected chi connectivity index (χ0v) is 14.4. The third-order valence-electron chi connectivity index (χ3n) is 3.63. The topological polar surface area (TPSA) is 55.4 Å².